The molecule has 0 heterocycles. The van der Waals surface area contributed by atoms with Crippen molar-refractivity contribution in [2.24, 2.45) is 5.92 Å². The number of ether oxygens (including phenoxy) is 1. The highest BCUT2D eigenvalue weighted by molar-refractivity contribution is 5.73. The van der Waals surface area contributed by atoms with E-state index in [1.54, 1.807) is 41.7 Å². The Balaban J connectivity index is 4.63. The largest absolute Gasteiger partial charge is 0.481 e. The maximum Gasteiger partial charge on any atom is 0.410 e. The third kappa shape index (κ3) is 5.06. The maximum absolute atomic E-state index is 11.8. The van der Waals surface area contributed by atoms with Crippen LogP contribution in [0.5, 0.6) is 0 Å². The molecule has 17 heavy (non-hydrogen) atoms. The van der Waals surface area contributed by atoms with Gasteiger partial charge in [0, 0.05) is 13.1 Å². The molecule has 2 atom stereocenters. The van der Waals surface area contributed by atoms with Crippen molar-refractivity contribution in [2.45, 2.75) is 52.7 Å². The lowest BCUT2D eigenvalue weighted by Crippen LogP contribution is -2.44. The molecule has 0 saturated heterocycles. The van der Waals surface area contributed by atoms with E-state index in [0.717, 1.165) is 0 Å². The monoisotopic (exact) mass is 245 g/mol. The minimum absolute atomic E-state index is 0.396. The molecule has 0 fully saturated rings. The van der Waals surface area contributed by atoms with Gasteiger partial charge in [-0.3, -0.25) is 4.79 Å². The number of carboxylic acid groups (broad SMARTS) is 1. The number of amides is 1. The van der Waals surface area contributed by atoms with E-state index < -0.39 is 29.6 Å². The molecule has 1 unspecified atom stereocenters. The van der Waals surface area contributed by atoms with Crippen LogP contribution in [0.2, 0.25) is 0 Å². The van der Waals surface area contributed by atoms with Crippen molar-refractivity contribution >= 4 is 12.1 Å². The first-order valence-corrected chi connectivity index (χ1v) is 5.78. The minimum Gasteiger partial charge on any atom is -0.481 e. The van der Waals surface area contributed by atoms with Crippen LogP contribution >= 0.6 is 0 Å². The first-order chi connectivity index (χ1) is 7.60. The quantitative estimate of drug-likeness (QED) is 0.825. The van der Waals surface area contributed by atoms with E-state index in [4.69, 9.17) is 9.84 Å². The standard InChI is InChI=1S/C12H23NO4/c1-7-9(10(14)15)8(2)13(6)11(16)17-12(3,4)5/h8-9H,7H2,1-6H3,(H,14,15)/t8?,9-/m0/s1. The minimum atomic E-state index is -0.893. The summed E-state index contributed by atoms with van der Waals surface area (Å²) in [6.45, 7) is 8.83. The lowest BCUT2D eigenvalue weighted by atomic mass is 9.98. The number of carboxylic acids is 1. The van der Waals surface area contributed by atoms with E-state index in [1.165, 1.54) is 4.90 Å². The van der Waals surface area contributed by atoms with Crippen molar-refractivity contribution < 1.29 is 19.4 Å². The summed E-state index contributed by atoms with van der Waals surface area (Å²) in [6.07, 6.45) is -0.0198. The van der Waals surface area contributed by atoms with Crippen LogP contribution in [0.25, 0.3) is 0 Å². The summed E-state index contributed by atoms with van der Waals surface area (Å²) in [7, 11) is 1.56. The molecule has 0 aromatic rings. The predicted molar refractivity (Wildman–Crippen MR) is 64.9 cm³/mol. The summed E-state index contributed by atoms with van der Waals surface area (Å²) in [5.74, 6) is -1.47. The Morgan fingerprint density at radius 3 is 2.12 bits per heavy atom. The number of hydrogen-bond donors (Lipinski definition) is 1. The number of hydrogen-bond acceptors (Lipinski definition) is 3. The van der Waals surface area contributed by atoms with Gasteiger partial charge in [-0.25, -0.2) is 4.79 Å². The Labute approximate surface area is 103 Å². The summed E-state index contributed by atoms with van der Waals surface area (Å²) in [6, 6.07) is -0.396. The summed E-state index contributed by atoms with van der Waals surface area (Å²) in [4.78, 5) is 24.1. The van der Waals surface area contributed by atoms with Gasteiger partial charge in [0.2, 0.25) is 0 Å². The van der Waals surface area contributed by atoms with Crippen LogP contribution in [0, 0.1) is 5.92 Å². The lowest BCUT2D eigenvalue weighted by molar-refractivity contribution is -0.143. The van der Waals surface area contributed by atoms with Crippen molar-refractivity contribution in [1.29, 1.82) is 0 Å². The van der Waals surface area contributed by atoms with E-state index in [-0.39, 0.29) is 0 Å². The number of carbonyl (C=O) groups excluding carboxylic acids is 1. The molecule has 5 heteroatoms. The summed E-state index contributed by atoms with van der Waals surface area (Å²) in [5.41, 5.74) is -0.573. The van der Waals surface area contributed by atoms with Crippen molar-refractivity contribution in [1.82, 2.24) is 4.90 Å². The van der Waals surface area contributed by atoms with Gasteiger partial charge in [0.1, 0.15) is 5.60 Å². The molecule has 0 saturated carbocycles. The van der Waals surface area contributed by atoms with Crippen LogP contribution in [0.1, 0.15) is 41.0 Å². The molecular weight excluding hydrogens is 222 g/mol. The Bertz CT molecular complexity index is 283. The second-order valence-electron chi connectivity index (χ2n) is 5.18. The fourth-order valence-corrected chi connectivity index (χ4v) is 1.49. The van der Waals surface area contributed by atoms with Gasteiger partial charge in [0.05, 0.1) is 5.92 Å². The van der Waals surface area contributed by atoms with Crippen molar-refractivity contribution in [2.75, 3.05) is 7.05 Å². The van der Waals surface area contributed by atoms with E-state index in [2.05, 4.69) is 0 Å². The number of rotatable bonds is 4. The second-order valence-corrected chi connectivity index (χ2v) is 5.18. The zero-order valence-corrected chi connectivity index (χ0v) is 11.5. The molecule has 0 rings (SSSR count). The van der Waals surface area contributed by atoms with Crippen LogP contribution in [0.4, 0.5) is 4.79 Å². The fourth-order valence-electron chi connectivity index (χ4n) is 1.49. The summed E-state index contributed by atoms with van der Waals surface area (Å²) < 4.78 is 5.19. The van der Waals surface area contributed by atoms with Gasteiger partial charge in [-0.15, -0.1) is 0 Å². The summed E-state index contributed by atoms with van der Waals surface area (Å²) in [5, 5.41) is 9.03. The second kappa shape index (κ2) is 5.89. The lowest BCUT2D eigenvalue weighted by Gasteiger charge is -2.31. The number of nitrogens with zero attached hydrogens (tertiary/aromatic N) is 1. The molecule has 0 aromatic carbocycles. The molecule has 0 spiro atoms. The third-order valence-corrected chi connectivity index (χ3v) is 2.63. The smallest absolute Gasteiger partial charge is 0.410 e. The van der Waals surface area contributed by atoms with Gasteiger partial charge in [0.25, 0.3) is 0 Å². The van der Waals surface area contributed by atoms with Crippen LogP contribution in [-0.4, -0.2) is 40.8 Å². The molecule has 5 nitrogen and oxygen atoms in total. The summed E-state index contributed by atoms with van der Waals surface area (Å²) >= 11 is 0. The van der Waals surface area contributed by atoms with E-state index in [1.807, 2.05) is 0 Å². The zero-order chi connectivity index (χ0) is 13.8. The highest BCUT2D eigenvalue weighted by atomic mass is 16.6. The molecule has 0 bridgehead atoms. The Kier molecular flexibility index (Phi) is 5.45. The first-order valence-electron chi connectivity index (χ1n) is 5.78. The Morgan fingerprint density at radius 2 is 1.82 bits per heavy atom. The molecule has 0 radical (unpaired) electrons. The number of carbonyl (C=O) groups is 2. The van der Waals surface area contributed by atoms with Crippen molar-refractivity contribution in [3.8, 4) is 0 Å². The van der Waals surface area contributed by atoms with Gasteiger partial charge in [-0.1, -0.05) is 6.92 Å². The van der Waals surface area contributed by atoms with Gasteiger partial charge in [-0.2, -0.15) is 0 Å². The van der Waals surface area contributed by atoms with Crippen LogP contribution in [0.3, 0.4) is 0 Å². The predicted octanol–water partition coefficient (Wildman–Crippen LogP) is 2.35. The SMILES string of the molecule is CC[C@H](C(=O)O)C(C)N(C)C(=O)OC(C)(C)C. The van der Waals surface area contributed by atoms with Crippen molar-refractivity contribution in [3.63, 3.8) is 0 Å². The highest BCUT2D eigenvalue weighted by Gasteiger charge is 2.30. The topological polar surface area (TPSA) is 66.8 Å². The molecule has 0 aliphatic rings. The van der Waals surface area contributed by atoms with E-state index >= 15 is 0 Å². The van der Waals surface area contributed by atoms with E-state index in [0.29, 0.717) is 6.42 Å². The molecule has 0 aliphatic heterocycles. The molecule has 100 valence electrons. The van der Waals surface area contributed by atoms with Crippen LogP contribution in [0.15, 0.2) is 0 Å². The average Bonchev–Trinajstić information content (AvgIpc) is 2.14. The molecule has 0 aliphatic carbocycles. The van der Waals surface area contributed by atoms with Crippen molar-refractivity contribution in [3.05, 3.63) is 0 Å². The Morgan fingerprint density at radius 1 is 1.35 bits per heavy atom. The average molecular weight is 245 g/mol. The highest BCUT2D eigenvalue weighted by Crippen LogP contribution is 2.17. The molecule has 0 aromatic heterocycles. The van der Waals surface area contributed by atoms with Gasteiger partial charge in [-0.05, 0) is 34.1 Å². The normalized spacial score (nSPS) is 14.9. The molecule has 1 amide bonds. The van der Waals surface area contributed by atoms with E-state index in [9.17, 15) is 9.59 Å². The maximum atomic E-state index is 11.8. The molecular formula is C12H23NO4. The van der Waals surface area contributed by atoms with Crippen LogP contribution < -0.4 is 0 Å². The van der Waals surface area contributed by atoms with Crippen LogP contribution in [-0.2, 0) is 9.53 Å². The van der Waals surface area contributed by atoms with Gasteiger partial charge in [0.15, 0.2) is 0 Å². The first kappa shape index (κ1) is 15.7. The third-order valence-electron chi connectivity index (χ3n) is 2.63. The molecule has 1 N–H and O–H groups in total. The van der Waals surface area contributed by atoms with Gasteiger partial charge >= 0.3 is 12.1 Å². The zero-order valence-electron chi connectivity index (χ0n) is 11.5. The number of aliphatic carboxylic acids is 1. The fraction of sp³-hybridized carbons (Fsp3) is 0.833. The van der Waals surface area contributed by atoms with Gasteiger partial charge < -0.3 is 14.7 Å². The Hall–Kier alpha value is -1.26.